The van der Waals surface area contributed by atoms with Crippen LogP contribution in [0.4, 0.5) is 11.4 Å². The maximum absolute atomic E-state index is 13.3. The maximum Gasteiger partial charge on any atom is 0.262 e. The zero-order chi connectivity index (χ0) is 22.9. The van der Waals surface area contributed by atoms with Gasteiger partial charge in [-0.1, -0.05) is 41.4 Å². The summed E-state index contributed by atoms with van der Waals surface area (Å²) in [6, 6.07) is 13.0. The predicted molar refractivity (Wildman–Crippen MR) is 127 cm³/mol. The summed E-state index contributed by atoms with van der Waals surface area (Å²) in [4.78, 5) is 13.1. The minimum absolute atomic E-state index is 0.168. The number of aryl methyl sites for hydroxylation is 2. The van der Waals surface area contributed by atoms with Crippen LogP contribution in [0.25, 0.3) is 0 Å². The van der Waals surface area contributed by atoms with Gasteiger partial charge in [0.15, 0.2) is 0 Å². The number of anilines is 2. The van der Waals surface area contributed by atoms with E-state index in [9.17, 15) is 13.2 Å². The number of para-hydroxylation sites is 1. The second-order valence-electron chi connectivity index (χ2n) is 7.35. The standard InChI is InChI=1S/C23H22Cl2N2O3S/c1-13-9-14(2)16(4)22(15(13)3)31(29,30)27-21-8-6-5-7-20(21)23(28)26-19-11-17(24)10-18(25)12-19/h5-12,27H,1-4H3,(H,26,28). The highest BCUT2D eigenvalue weighted by Gasteiger charge is 2.24. The molecule has 5 nitrogen and oxygen atoms in total. The first kappa shape index (κ1) is 23.1. The minimum Gasteiger partial charge on any atom is -0.322 e. The van der Waals surface area contributed by atoms with Gasteiger partial charge in [0.05, 0.1) is 16.1 Å². The third-order valence-corrected chi connectivity index (χ3v) is 7.18. The Kier molecular flexibility index (Phi) is 6.65. The van der Waals surface area contributed by atoms with E-state index in [-0.39, 0.29) is 16.1 Å². The van der Waals surface area contributed by atoms with Gasteiger partial charge >= 0.3 is 0 Å². The Morgan fingerprint density at radius 1 is 0.839 bits per heavy atom. The van der Waals surface area contributed by atoms with Gasteiger partial charge in [-0.15, -0.1) is 0 Å². The molecule has 0 saturated carbocycles. The predicted octanol–water partition coefficient (Wildman–Crippen LogP) is 6.28. The van der Waals surface area contributed by atoms with Crippen molar-refractivity contribution in [2.75, 3.05) is 10.0 Å². The first-order valence-electron chi connectivity index (χ1n) is 9.46. The molecule has 0 bridgehead atoms. The quantitative estimate of drug-likeness (QED) is 0.454. The third kappa shape index (κ3) is 5.03. The van der Waals surface area contributed by atoms with Gasteiger partial charge in [-0.05, 0) is 80.3 Å². The molecular formula is C23H22Cl2N2O3S. The molecule has 2 N–H and O–H groups in total. The van der Waals surface area contributed by atoms with Crippen molar-refractivity contribution < 1.29 is 13.2 Å². The Labute approximate surface area is 192 Å². The fraction of sp³-hybridized carbons (Fsp3) is 0.174. The van der Waals surface area contributed by atoms with E-state index < -0.39 is 15.9 Å². The first-order chi connectivity index (χ1) is 14.5. The summed E-state index contributed by atoms with van der Waals surface area (Å²) in [7, 11) is -3.93. The normalized spacial score (nSPS) is 11.3. The molecule has 0 radical (unpaired) electrons. The molecule has 0 aliphatic carbocycles. The lowest BCUT2D eigenvalue weighted by Crippen LogP contribution is -2.20. The summed E-state index contributed by atoms with van der Waals surface area (Å²) in [6.07, 6.45) is 0. The van der Waals surface area contributed by atoms with Crippen LogP contribution >= 0.6 is 23.2 Å². The second-order valence-corrected chi connectivity index (χ2v) is 9.84. The number of hydrogen-bond acceptors (Lipinski definition) is 3. The molecule has 31 heavy (non-hydrogen) atoms. The highest BCUT2D eigenvalue weighted by Crippen LogP contribution is 2.29. The second kappa shape index (κ2) is 8.91. The molecule has 0 heterocycles. The van der Waals surface area contributed by atoms with Gasteiger partial charge in [0.1, 0.15) is 0 Å². The number of rotatable bonds is 5. The van der Waals surface area contributed by atoms with Crippen LogP contribution in [0.15, 0.2) is 53.4 Å². The van der Waals surface area contributed by atoms with Crippen molar-refractivity contribution in [3.63, 3.8) is 0 Å². The average molecular weight is 477 g/mol. The molecule has 0 unspecified atom stereocenters. The van der Waals surface area contributed by atoms with Crippen molar-refractivity contribution in [3.05, 3.63) is 86.4 Å². The molecule has 1 amide bonds. The third-order valence-electron chi connectivity index (χ3n) is 5.10. The van der Waals surface area contributed by atoms with Gasteiger partial charge in [0.2, 0.25) is 0 Å². The lowest BCUT2D eigenvalue weighted by Gasteiger charge is -2.18. The van der Waals surface area contributed by atoms with Crippen LogP contribution < -0.4 is 10.0 Å². The summed E-state index contributed by atoms with van der Waals surface area (Å²) >= 11 is 12.0. The number of carbonyl (C=O) groups excluding carboxylic acids is 1. The zero-order valence-corrected chi connectivity index (χ0v) is 19.8. The van der Waals surface area contributed by atoms with E-state index >= 15 is 0 Å². The molecular weight excluding hydrogens is 455 g/mol. The monoisotopic (exact) mass is 476 g/mol. The van der Waals surface area contributed by atoms with Gasteiger partial charge in [-0.2, -0.15) is 0 Å². The number of amides is 1. The summed E-state index contributed by atoms with van der Waals surface area (Å²) < 4.78 is 29.2. The van der Waals surface area contributed by atoms with Crippen LogP contribution in [-0.4, -0.2) is 14.3 Å². The highest BCUT2D eigenvalue weighted by atomic mass is 35.5. The Morgan fingerprint density at radius 2 is 1.39 bits per heavy atom. The lowest BCUT2D eigenvalue weighted by molar-refractivity contribution is 0.102. The van der Waals surface area contributed by atoms with Crippen LogP contribution in [0.1, 0.15) is 32.6 Å². The Balaban J connectivity index is 1.98. The minimum atomic E-state index is -3.93. The summed E-state index contributed by atoms with van der Waals surface area (Å²) in [5.41, 5.74) is 3.85. The summed E-state index contributed by atoms with van der Waals surface area (Å²) in [5.74, 6) is -0.495. The fourth-order valence-electron chi connectivity index (χ4n) is 3.37. The van der Waals surface area contributed by atoms with Crippen molar-refractivity contribution in [1.82, 2.24) is 0 Å². The highest BCUT2D eigenvalue weighted by molar-refractivity contribution is 7.92. The molecule has 0 aliphatic heterocycles. The fourth-order valence-corrected chi connectivity index (χ4v) is 5.60. The molecule has 0 fully saturated rings. The van der Waals surface area contributed by atoms with Crippen molar-refractivity contribution in [1.29, 1.82) is 0 Å². The van der Waals surface area contributed by atoms with Crippen LogP contribution in [-0.2, 0) is 10.0 Å². The van der Waals surface area contributed by atoms with Crippen molar-refractivity contribution in [2.45, 2.75) is 32.6 Å². The number of carbonyl (C=O) groups is 1. The van der Waals surface area contributed by atoms with E-state index in [2.05, 4.69) is 10.0 Å². The van der Waals surface area contributed by atoms with Gasteiger partial charge in [-0.3, -0.25) is 9.52 Å². The molecule has 8 heteroatoms. The largest absolute Gasteiger partial charge is 0.322 e. The van der Waals surface area contributed by atoms with Crippen molar-refractivity contribution in [2.24, 2.45) is 0 Å². The smallest absolute Gasteiger partial charge is 0.262 e. The van der Waals surface area contributed by atoms with Gasteiger partial charge in [0.25, 0.3) is 15.9 Å². The van der Waals surface area contributed by atoms with Crippen molar-refractivity contribution in [3.8, 4) is 0 Å². The number of hydrogen-bond donors (Lipinski definition) is 2. The first-order valence-corrected chi connectivity index (χ1v) is 11.7. The van der Waals surface area contributed by atoms with Crippen LogP contribution in [0.5, 0.6) is 0 Å². The van der Waals surface area contributed by atoms with Crippen LogP contribution in [0.2, 0.25) is 10.0 Å². The van der Waals surface area contributed by atoms with E-state index in [1.807, 2.05) is 19.9 Å². The van der Waals surface area contributed by atoms with Gasteiger partial charge < -0.3 is 5.32 Å². The zero-order valence-electron chi connectivity index (χ0n) is 17.5. The molecule has 3 aromatic rings. The Bertz CT molecular complexity index is 1240. The summed E-state index contributed by atoms with van der Waals surface area (Å²) in [6.45, 7) is 7.30. The number of halogens is 2. The van der Waals surface area contributed by atoms with Crippen LogP contribution in [0.3, 0.4) is 0 Å². The molecule has 0 atom stereocenters. The van der Waals surface area contributed by atoms with E-state index in [4.69, 9.17) is 23.2 Å². The van der Waals surface area contributed by atoms with Crippen LogP contribution in [0, 0.1) is 27.7 Å². The maximum atomic E-state index is 13.3. The molecule has 162 valence electrons. The molecule has 0 aromatic heterocycles. The van der Waals surface area contributed by atoms with Crippen molar-refractivity contribution >= 4 is 50.5 Å². The van der Waals surface area contributed by atoms with Gasteiger partial charge in [-0.25, -0.2) is 8.42 Å². The van der Waals surface area contributed by atoms with E-state index in [0.717, 1.165) is 11.1 Å². The molecule has 3 aromatic carbocycles. The van der Waals surface area contributed by atoms with E-state index in [0.29, 0.717) is 26.9 Å². The number of nitrogens with one attached hydrogen (secondary N) is 2. The summed E-state index contributed by atoms with van der Waals surface area (Å²) in [5, 5.41) is 3.45. The lowest BCUT2D eigenvalue weighted by atomic mass is 10.0. The van der Waals surface area contributed by atoms with E-state index in [1.165, 1.54) is 0 Å². The topological polar surface area (TPSA) is 75.3 Å². The van der Waals surface area contributed by atoms with E-state index in [1.54, 1.807) is 56.3 Å². The Hall–Kier alpha value is -2.54. The Morgan fingerprint density at radius 3 is 1.97 bits per heavy atom. The average Bonchev–Trinajstić information content (AvgIpc) is 2.65. The molecule has 0 saturated heterocycles. The molecule has 0 aliphatic rings. The SMILES string of the molecule is Cc1cc(C)c(C)c(S(=O)(=O)Nc2ccccc2C(=O)Nc2cc(Cl)cc(Cl)c2)c1C. The number of benzene rings is 3. The molecule has 0 spiro atoms. The van der Waals surface area contributed by atoms with Gasteiger partial charge in [0, 0.05) is 15.7 Å². The molecule has 3 rings (SSSR count). The number of sulfonamides is 1.